The third kappa shape index (κ3) is 3.92. The SMILES string of the molecule is CC1(C)OC[C@H](/C=S(\O)Cc2ccccc2)O1. The summed E-state index contributed by atoms with van der Waals surface area (Å²) in [7, 11) is -0.774. The van der Waals surface area contributed by atoms with Gasteiger partial charge in [0.1, 0.15) is 6.10 Å². The fourth-order valence-corrected chi connectivity index (χ4v) is 2.87. The van der Waals surface area contributed by atoms with Crippen molar-refractivity contribution in [3.8, 4) is 0 Å². The van der Waals surface area contributed by atoms with Crippen molar-refractivity contribution in [2.75, 3.05) is 6.61 Å². The van der Waals surface area contributed by atoms with Crippen molar-refractivity contribution in [2.45, 2.75) is 31.5 Å². The van der Waals surface area contributed by atoms with Gasteiger partial charge in [-0.2, -0.15) is 0 Å². The highest BCUT2D eigenvalue weighted by molar-refractivity contribution is 8.09. The maximum atomic E-state index is 9.97. The van der Waals surface area contributed by atoms with Crippen LogP contribution in [0.5, 0.6) is 0 Å². The standard InChI is InChI=1S/C13H18O3S/c1-13(2)15-8-12(16-13)10-17(14)9-11-6-4-3-5-7-11/h3-7,10,12,14H,8-9H2,1-2H3/t12-,17?/m1/s1. The van der Waals surface area contributed by atoms with Crippen LogP contribution in [-0.2, 0) is 15.2 Å². The lowest BCUT2D eigenvalue weighted by Gasteiger charge is -2.15. The molecule has 1 unspecified atom stereocenters. The number of hydrogen-bond acceptors (Lipinski definition) is 3. The zero-order valence-corrected chi connectivity index (χ0v) is 10.9. The van der Waals surface area contributed by atoms with Crippen molar-refractivity contribution >= 4 is 16.1 Å². The topological polar surface area (TPSA) is 38.7 Å². The predicted octanol–water partition coefficient (Wildman–Crippen LogP) is 2.88. The molecule has 2 atom stereocenters. The van der Waals surface area contributed by atoms with E-state index >= 15 is 0 Å². The molecule has 0 saturated carbocycles. The van der Waals surface area contributed by atoms with Crippen molar-refractivity contribution < 1.29 is 14.0 Å². The second-order valence-corrected chi connectivity index (χ2v) is 5.90. The summed E-state index contributed by atoms with van der Waals surface area (Å²) in [6.07, 6.45) is -0.109. The molecule has 0 amide bonds. The first-order valence-corrected chi connectivity index (χ1v) is 7.06. The molecule has 4 heteroatoms. The summed E-state index contributed by atoms with van der Waals surface area (Å²) in [5.41, 5.74) is 1.13. The van der Waals surface area contributed by atoms with E-state index < -0.39 is 16.6 Å². The van der Waals surface area contributed by atoms with E-state index in [-0.39, 0.29) is 6.10 Å². The van der Waals surface area contributed by atoms with Gasteiger partial charge in [0.15, 0.2) is 5.79 Å². The Bertz CT molecular complexity index is 400. The van der Waals surface area contributed by atoms with Crippen LogP contribution in [0.2, 0.25) is 0 Å². The summed E-state index contributed by atoms with van der Waals surface area (Å²) in [6.45, 7) is 4.28. The molecule has 0 spiro atoms. The van der Waals surface area contributed by atoms with Gasteiger partial charge in [-0.05, 0) is 24.8 Å². The smallest absolute Gasteiger partial charge is 0.163 e. The molecule has 94 valence electrons. The number of rotatable bonds is 3. The lowest BCUT2D eigenvalue weighted by molar-refractivity contribution is -0.130. The molecule has 1 heterocycles. The van der Waals surface area contributed by atoms with Gasteiger partial charge in [0.25, 0.3) is 0 Å². The van der Waals surface area contributed by atoms with Crippen molar-refractivity contribution in [1.82, 2.24) is 0 Å². The molecular weight excluding hydrogens is 236 g/mol. The number of hydrogen-bond donors (Lipinski definition) is 1. The van der Waals surface area contributed by atoms with Gasteiger partial charge in [-0.15, -0.1) is 0 Å². The lowest BCUT2D eigenvalue weighted by atomic mass is 10.2. The van der Waals surface area contributed by atoms with E-state index in [1.54, 1.807) is 0 Å². The second-order valence-electron chi connectivity index (χ2n) is 4.53. The predicted molar refractivity (Wildman–Crippen MR) is 71.3 cm³/mol. The largest absolute Gasteiger partial charge is 0.347 e. The monoisotopic (exact) mass is 254 g/mol. The third-order valence-electron chi connectivity index (χ3n) is 2.50. The molecule has 0 aliphatic carbocycles. The first-order valence-electron chi connectivity index (χ1n) is 5.65. The van der Waals surface area contributed by atoms with Crippen LogP contribution >= 0.6 is 10.8 Å². The zero-order chi connectivity index (χ0) is 12.3. The van der Waals surface area contributed by atoms with Gasteiger partial charge in [0.05, 0.1) is 6.61 Å². The highest BCUT2D eigenvalue weighted by atomic mass is 32.2. The summed E-state index contributed by atoms with van der Waals surface area (Å²) < 4.78 is 21.0. The Morgan fingerprint density at radius 2 is 2.12 bits per heavy atom. The van der Waals surface area contributed by atoms with E-state index in [0.717, 1.165) is 5.56 Å². The molecule has 1 aromatic carbocycles. The molecule has 1 saturated heterocycles. The minimum Gasteiger partial charge on any atom is -0.347 e. The summed E-state index contributed by atoms with van der Waals surface area (Å²) >= 11 is 0. The molecule has 1 aliphatic rings. The normalized spacial score (nSPS) is 25.0. The van der Waals surface area contributed by atoms with E-state index in [0.29, 0.717) is 12.4 Å². The van der Waals surface area contributed by atoms with E-state index in [9.17, 15) is 4.55 Å². The first-order chi connectivity index (χ1) is 8.05. The van der Waals surface area contributed by atoms with Gasteiger partial charge >= 0.3 is 0 Å². The molecule has 1 aromatic rings. The first kappa shape index (κ1) is 12.8. The summed E-state index contributed by atoms with van der Waals surface area (Å²) in [5, 5.41) is 1.84. The average molecular weight is 254 g/mol. The second kappa shape index (κ2) is 5.31. The Morgan fingerprint density at radius 3 is 2.71 bits per heavy atom. The van der Waals surface area contributed by atoms with Crippen LogP contribution in [0.25, 0.3) is 0 Å². The molecule has 3 nitrogen and oxygen atoms in total. The van der Waals surface area contributed by atoms with Crippen LogP contribution in [0.1, 0.15) is 19.4 Å². The maximum absolute atomic E-state index is 9.97. The van der Waals surface area contributed by atoms with Gasteiger partial charge in [0, 0.05) is 5.75 Å². The van der Waals surface area contributed by atoms with Crippen molar-refractivity contribution in [2.24, 2.45) is 0 Å². The third-order valence-corrected chi connectivity index (χ3v) is 3.74. The number of benzene rings is 1. The van der Waals surface area contributed by atoms with Crippen LogP contribution in [0.3, 0.4) is 0 Å². The van der Waals surface area contributed by atoms with Crippen LogP contribution < -0.4 is 0 Å². The molecule has 0 aromatic heterocycles. The highest BCUT2D eigenvalue weighted by Crippen LogP contribution is 2.24. The average Bonchev–Trinajstić information content (AvgIpc) is 2.59. The molecular formula is C13H18O3S. The highest BCUT2D eigenvalue weighted by Gasteiger charge is 2.31. The molecule has 1 fully saturated rings. The van der Waals surface area contributed by atoms with Gasteiger partial charge in [0.2, 0.25) is 0 Å². The molecule has 2 rings (SSSR count). The zero-order valence-electron chi connectivity index (χ0n) is 10.1. The Kier molecular flexibility index (Phi) is 3.99. The van der Waals surface area contributed by atoms with Gasteiger partial charge < -0.3 is 14.0 Å². The van der Waals surface area contributed by atoms with E-state index in [2.05, 4.69) is 0 Å². The van der Waals surface area contributed by atoms with Crippen LogP contribution in [0, 0.1) is 0 Å². The Balaban J connectivity index is 1.94. The lowest BCUT2D eigenvalue weighted by Crippen LogP contribution is -2.22. The molecule has 1 aliphatic heterocycles. The van der Waals surface area contributed by atoms with Gasteiger partial charge in [-0.1, -0.05) is 41.1 Å². The minimum atomic E-state index is -0.774. The van der Waals surface area contributed by atoms with Crippen molar-refractivity contribution in [3.63, 3.8) is 0 Å². The van der Waals surface area contributed by atoms with Crippen molar-refractivity contribution in [1.29, 1.82) is 0 Å². The fraction of sp³-hybridized carbons (Fsp3) is 0.462. The Hall–Kier alpha value is -0.680. The molecule has 0 bridgehead atoms. The minimum absolute atomic E-state index is 0.109. The summed E-state index contributed by atoms with van der Waals surface area (Å²) in [4.78, 5) is 0. The maximum Gasteiger partial charge on any atom is 0.163 e. The van der Waals surface area contributed by atoms with Crippen LogP contribution in [0.4, 0.5) is 0 Å². The van der Waals surface area contributed by atoms with Gasteiger partial charge in [-0.25, -0.2) is 0 Å². The van der Waals surface area contributed by atoms with E-state index in [1.165, 1.54) is 0 Å². The Labute approximate surface area is 105 Å². The fourth-order valence-electron chi connectivity index (χ4n) is 1.75. The van der Waals surface area contributed by atoms with Crippen LogP contribution in [-0.4, -0.2) is 28.4 Å². The molecule has 17 heavy (non-hydrogen) atoms. The summed E-state index contributed by atoms with van der Waals surface area (Å²) in [6, 6.07) is 9.95. The van der Waals surface area contributed by atoms with Gasteiger partial charge in [-0.3, -0.25) is 0 Å². The number of ether oxygens (including phenoxy) is 2. The molecule has 1 N–H and O–H groups in total. The van der Waals surface area contributed by atoms with Crippen LogP contribution in [0.15, 0.2) is 30.3 Å². The molecule has 0 radical (unpaired) electrons. The summed E-state index contributed by atoms with van der Waals surface area (Å²) in [5.74, 6) is 0.110. The van der Waals surface area contributed by atoms with E-state index in [4.69, 9.17) is 9.47 Å². The Morgan fingerprint density at radius 1 is 1.41 bits per heavy atom. The quantitative estimate of drug-likeness (QED) is 0.843. The van der Waals surface area contributed by atoms with E-state index in [1.807, 2.05) is 49.5 Å². The van der Waals surface area contributed by atoms with Crippen molar-refractivity contribution in [3.05, 3.63) is 35.9 Å².